The van der Waals surface area contributed by atoms with Crippen molar-refractivity contribution >= 4 is 6.09 Å². The van der Waals surface area contributed by atoms with E-state index in [1.165, 1.54) is 0 Å². The van der Waals surface area contributed by atoms with Crippen molar-refractivity contribution in [2.24, 2.45) is 0 Å². The summed E-state index contributed by atoms with van der Waals surface area (Å²) in [5.74, 6) is 0.841. The molecule has 0 spiro atoms. The Morgan fingerprint density at radius 3 is 3.00 bits per heavy atom. The largest absolute Gasteiger partial charge is 0.493 e. The number of nitrogens with one attached hydrogen (secondary N) is 1. The Labute approximate surface area is 101 Å². The molecule has 0 aromatic heterocycles. The Bertz CT molecular complexity index is 403. The lowest BCUT2D eigenvalue weighted by molar-refractivity contribution is 0.109. The number of carbonyl (C=O) groups is 1. The van der Waals surface area contributed by atoms with Crippen LogP contribution < -0.4 is 10.1 Å². The molecule has 4 nitrogen and oxygen atoms in total. The third-order valence-corrected chi connectivity index (χ3v) is 2.59. The van der Waals surface area contributed by atoms with Gasteiger partial charge in [-0.1, -0.05) is 18.2 Å². The molecule has 0 saturated carbocycles. The van der Waals surface area contributed by atoms with Gasteiger partial charge in [-0.05, 0) is 19.9 Å². The van der Waals surface area contributed by atoms with E-state index in [0.717, 1.165) is 17.7 Å². The van der Waals surface area contributed by atoms with Crippen molar-refractivity contribution < 1.29 is 14.3 Å². The predicted molar refractivity (Wildman–Crippen MR) is 64.0 cm³/mol. The van der Waals surface area contributed by atoms with E-state index in [-0.39, 0.29) is 18.2 Å². The van der Waals surface area contributed by atoms with Crippen molar-refractivity contribution in [3.8, 4) is 5.75 Å². The van der Waals surface area contributed by atoms with Crippen molar-refractivity contribution in [1.29, 1.82) is 0 Å². The molecule has 1 atom stereocenters. The molecule has 0 aliphatic carbocycles. The Balaban J connectivity index is 2.06. The van der Waals surface area contributed by atoms with Crippen LogP contribution in [0.4, 0.5) is 4.79 Å². The molecule has 0 radical (unpaired) electrons. The first-order chi connectivity index (χ1) is 8.16. The molecule has 1 N–H and O–H groups in total. The molecule has 1 aromatic carbocycles. The molecule has 17 heavy (non-hydrogen) atoms. The summed E-state index contributed by atoms with van der Waals surface area (Å²) >= 11 is 0. The first kappa shape index (κ1) is 11.8. The molecule has 4 heteroatoms. The van der Waals surface area contributed by atoms with Gasteiger partial charge in [-0.15, -0.1) is 0 Å². The molecule has 1 aliphatic heterocycles. The highest BCUT2D eigenvalue weighted by Gasteiger charge is 2.23. The topological polar surface area (TPSA) is 47.6 Å². The maximum Gasteiger partial charge on any atom is 0.407 e. The summed E-state index contributed by atoms with van der Waals surface area (Å²) in [6.45, 7) is 4.28. The maximum absolute atomic E-state index is 11.6. The fourth-order valence-corrected chi connectivity index (χ4v) is 1.88. The summed E-state index contributed by atoms with van der Waals surface area (Å²) < 4.78 is 10.6. The second kappa shape index (κ2) is 5.08. The number of fused-ring (bicyclic) bond motifs is 1. The van der Waals surface area contributed by atoms with Crippen LogP contribution in [0.1, 0.15) is 31.9 Å². The van der Waals surface area contributed by atoms with E-state index in [1.54, 1.807) is 0 Å². The zero-order valence-electron chi connectivity index (χ0n) is 10.1. The quantitative estimate of drug-likeness (QED) is 0.857. The van der Waals surface area contributed by atoms with E-state index in [2.05, 4.69) is 5.32 Å². The Kier molecular flexibility index (Phi) is 3.52. The van der Waals surface area contributed by atoms with E-state index < -0.39 is 0 Å². The normalized spacial score (nSPS) is 18.2. The van der Waals surface area contributed by atoms with Crippen LogP contribution in [0.25, 0.3) is 0 Å². The number of benzene rings is 1. The summed E-state index contributed by atoms with van der Waals surface area (Å²) in [5, 5.41) is 2.87. The Morgan fingerprint density at radius 1 is 1.47 bits per heavy atom. The standard InChI is InChI=1S/C13H17NO3/c1-9(2)17-13(15)14-11-7-8-16-12-6-4-3-5-10(11)12/h3-6,9,11H,7-8H2,1-2H3,(H,14,15). The summed E-state index contributed by atoms with van der Waals surface area (Å²) in [5.41, 5.74) is 1.01. The van der Waals surface area contributed by atoms with Gasteiger partial charge < -0.3 is 14.8 Å². The minimum atomic E-state index is -0.373. The first-order valence-electron chi connectivity index (χ1n) is 5.85. The number of para-hydroxylation sites is 1. The van der Waals surface area contributed by atoms with Gasteiger partial charge in [-0.2, -0.15) is 0 Å². The van der Waals surface area contributed by atoms with E-state index in [9.17, 15) is 4.79 Å². The summed E-state index contributed by atoms with van der Waals surface area (Å²) in [4.78, 5) is 11.6. The van der Waals surface area contributed by atoms with Gasteiger partial charge in [0.05, 0.1) is 18.8 Å². The van der Waals surface area contributed by atoms with E-state index >= 15 is 0 Å². The smallest absolute Gasteiger partial charge is 0.407 e. The monoisotopic (exact) mass is 235 g/mol. The van der Waals surface area contributed by atoms with Crippen LogP contribution in [0.3, 0.4) is 0 Å². The number of rotatable bonds is 2. The highest BCUT2D eigenvalue weighted by Crippen LogP contribution is 2.31. The van der Waals surface area contributed by atoms with Gasteiger partial charge in [0, 0.05) is 12.0 Å². The third-order valence-electron chi connectivity index (χ3n) is 2.59. The van der Waals surface area contributed by atoms with Gasteiger partial charge in [-0.25, -0.2) is 4.79 Å². The number of carbonyl (C=O) groups excluding carboxylic acids is 1. The van der Waals surface area contributed by atoms with Gasteiger partial charge in [0.1, 0.15) is 5.75 Å². The van der Waals surface area contributed by atoms with Crippen LogP contribution >= 0.6 is 0 Å². The van der Waals surface area contributed by atoms with Gasteiger partial charge in [0.15, 0.2) is 0 Å². The molecule has 0 fully saturated rings. The third kappa shape index (κ3) is 2.90. The van der Waals surface area contributed by atoms with Crippen molar-refractivity contribution in [3.63, 3.8) is 0 Å². The van der Waals surface area contributed by atoms with Crippen LogP contribution in [-0.4, -0.2) is 18.8 Å². The van der Waals surface area contributed by atoms with Crippen molar-refractivity contribution in [2.45, 2.75) is 32.4 Å². The zero-order valence-corrected chi connectivity index (χ0v) is 10.1. The number of hydrogen-bond acceptors (Lipinski definition) is 3. The maximum atomic E-state index is 11.6. The molecule has 1 aromatic rings. The second-order valence-corrected chi connectivity index (χ2v) is 4.33. The van der Waals surface area contributed by atoms with Crippen LogP contribution in [0.2, 0.25) is 0 Å². The van der Waals surface area contributed by atoms with Crippen LogP contribution in [0, 0.1) is 0 Å². The molecule has 1 unspecified atom stereocenters. The summed E-state index contributed by atoms with van der Waals surface area (Å²) in [6.07, 6.45) is 0.288. The van der Waals surface area contributed by atoms with E-state index in [1.807, 2.05) is 38.1 Å². The summed E-state index contributed by atoms with van der Waals surface area (Å²) in [6, 6.07) is 7.72. The molecule has 2 rings (SSSR count). The number of amides is 1. The van der Waals surface area contributed by atoms with Crippen molar-refractivity contribution in [3.05, 3.63) is 29.8 Å². The van der Waals surface area contributed by atoms with E-state index in [0.29, 0.717) is 6.61 Å². The van der Waals surface area contributed by atoms with Gasteiger partial charge in [0.2, 0.25) is 0 Å². The SMILES string of the molecule is CC(C)OC(=O)NC1CCOc2ccccc21. The highest BCUT2D eigenvalue weighted by molar-refractivity contribution is 5.68. The molecule has 1 amide bonds. The minimum absolute atomic E-state index is 0.0220. The average molecular weight is 235 g/mol. The van der Waals surface area contributed by atoms with Gasteiger partial charge in [0.25, 0.3) is 0 Å². The van der Waals surface area contributed by atoms with Gasteiger partial charge in [-0.3, -0.25) is 0 Å². The molecule has 92 valence electrons. The predicted octanol–water partition coefficient (Wildman–Crippen LogP) is 2.64. The lowest BCUT2D eigenvalue weighted by Gasteiger charge is -2.26. The van der Waals surface area contributed by atoms with Crippen LogP contribution in [-0.2, 0) is 4.74 Å². The molecular formula is C13H17NO3. The molecule has 0 bridgehead atoms. The second-order valence-electron chi connectivity index (χ2n) is 4.33. The van der Waals surface area contributed by atoms with Crippen LogP contribution in [0.5, 0.6) is 5.75 Å². The molecule has 1 heterocycles. The Hall–Kier alpha value is -1.71. The average Bonchev–Trinajstić information content (AvgIpc) is 2.28. The molecule has 0 saturated heterocycles. The Morgan fingerprint density at radius 2 is 2.24 bits per heavy atom. The highest BCUT2D eigenvalue weighted by atomic mass is 16.6. The zero-order chi connectivity index (χ0) is 12.3. The van der Waals surface area contributed by atoms with Crippen molar-refractivity contribution in [1.82, 2.24) is 5.32 Å². The van der Waals surface area contributed by atoms with Crippen molar-refractivity contribution in [2.75, 3.05) is 6.61 Å². The lowest BCUT2D eigenvalue weighted by Crippen LogP contribution is -2.33. The number of alkyl carbamates (subject to hydrolysis) is 1. The molecule has 1 aliphatic rings. The van der Waals surface area contributed by atoms with Crippen LogP contribution in [0.15, 0.2) is 24.3 Å². The fourth-order valence-electron chi connectivity index (χ4n) is 1.88. The fraction of sp³-hybridized carbons (Fsp3) is 0.462. The number of ether oxygens (including phenoxy) is 2. The molecular weight excluding hydrogens is 218 g/mol. The first-order valence-corrected chi connectivity index (χ1v) is 5.85. The summed E-state index contributed by atoms with van der Waals surface area (Å²) in [7, 11) is 0. The van der Waals surface area contributed by atoms with E-state index in [4.69, 9.17) is 9.47 Å². The van der Waals surface area contributed by atoms with Gasteiger partial charge >= 0.3 is 6.09 Å². The minimum Gasteiger partial charge on any atom is -0.493 e. The number of hydrogen-bond donors (Lipinski definition) is 1. The lowest BCUT2D eigenvalue weighted by atomic mass is 10.0.